The SMILES string of the molecule is CCCCCCC[C@H]1C(=O)C=C[C@@H]1C=CC(O)C1(CCCC)CCCC1. The highest BCUT2D eigenvalue weighted by Crippen LogP contribution is 2.45. The third kappa shape index (κ3) is 5.81. The fourth-order valence-corrected chi connectivity index (χ4v) is 4.89. The van der Waals surface area contributed by atoms with Crippen LogP contribution in [-0.4, -0.2) is 17.0 Å². The largest absolute Gasteiger partial charge is 0.388 e. The van der Waals surface area contributed by atoms with E-state index in [0.717, 1.165) is 32.1 Å². The molecular formula is C24H40O2. The summed E-state index contributed by atoms with van der Waals surface area (Å²) >= 11 is 0. The van der Waals surface area contributed by atoms with Crippen LogP contribution in [0.5, 0.6) is 0 Å². The van der Waals surface area contributed by atoms with Crippen molar-refractivity contribution in [1.29, 1.82) is 0 Å². The number of unbranched alkanes of at least 4 members (excludes halogenated alkanes) is 5. The van der Waals surface area contributed by atoms with Crippen molar-refractivity contribution in [2.45, 2.75) is 103 Å². The molecule has 0 aromatic rings. The molecule has 1 N–H and O–H groups in total. The maximum Gasteiger partial charge on any atom is 0.159 e. The Hall–Kier alpha value is -0.890. The van der Waals surface area contributed by atoms with E-state index in [2.05, 4.69) is 26.0 Å². The Morgan fingerprint density at radius 3 is 2.50 bits per heavy atom. The molecule has 2 nitrogen and oxygen atoms in total. The van der Waals surface area contributed by atoms with Crippen LogP contribution in [0.3, 0.4) is 0 Å². The summed E-state index contributed by atoms with van der Waals surface area (Å²) in [6, 6.07) is 0. The summed E-state index contributed by atoms with van der Waals surface area (Å²) < 4.78 is 0. The van der Waals surface area contributed by atoms with E-state index in [1.54, 1.807) is 6.08 Å². The van der Waals surface area contributed by atoms with Crippen molar-refractivity contribution in [2.24, 2.45) is 17.3 Å². The Labute approximate surface area is 161 Å². The predicted octanol–water partition coefficient (Wildman–Crippen LogP) is 6.39. The Morgan fingerprint density at radius 2 is 1.81 bits per heavy atom. The normalized spacial score (nSPS) is 26.2. The first-order chi connectivity index (χ1) is 12.6. The smallest absolute Gasteiger partial charge is 0.159 e. The predicted molar refractivity (Wildman–Crippen MR) is 110 cm³/mol. The molecule has 2 aliphatic rings. The van der Waals surface area contributed by atoms with Gasteiger partial charge in [-0.2, -0.15) is 0 Å². The molecule has 26 heavy (non-hydrogen) atoms. The minimum absolute atomic E-state index is 0.0918. The number of hydrogen-bond donors (Lipinski definition) is 1. The molecule has 1 fully saturated rings. The molecule has 2 aliphatic carbocycles. The minimum atomic E-state index is -0.356. The lowest BCUT2D eigenvalue weighted by molar-refractivity contribution is -0.118. The van der Waals surface area contributed by atoms with Crippen LogP contribution in [0.2, 0.25) is 0 Å². The number of aliphatic hydroxyl groups excluding tert-OH is 1. The van der Waals surface area contributed by atoms with Crippen LogP contribution in [0.4, 0.5) is 0 Å². The van der Waals surface area contributed by atoms with Crippen LogP contribution in [0, 0.1) is 17.3 Å². The fraction of sp³-hybridized carbons (Fsp3) is 0.792. The van der Waals surface area contributed by atoms with Gasteiger partial charge in [0.1, 0.15) is 0 Å². The lowest BCUT2D eigenvalue weighted by atomic mass is 9.75. The van der Waals surface area contributed by atoms with E-state index in [4.69, 9.17) is 0 Å². The van der Waals surface area contributed by atoms with E-state index in [9.17, 15) is 9.90 Å². The second-order valence-electron chi connectivity index (χ2n) is 8.65. The number of allylic oxidation sites excluding steroid dienone is 3. The van der Waals surface area contributed by atoms with Gasteiger partial charge in [0.05, 0.1) is 6.10 Å². The van der Waals surface area contributed by atoms with Gasteiger partial charge in [0, 0.05) is 11.8 Å². The summed E-state index contributed by atoms with van der Waals surface area (Å²) in [4.78, 5) is 12.2. The van der Waals surface area contributed by atoms with E-state index >= 15 is 0 Å². The van der Waals surface area contributed by atoms with Gasteiger partial charge in [0.2, 0.25) is 0 Å². The van der Waals surface area contributed by atoms with Crippen LogP contribution < -0.4 is 0 Å². The van der Waals surface area contributed by atoms with Gasteiger partial charge in [-0.1, -0.05) is 89.9 Å². The molecule has 0 spiro atoms. The van der Waals surface area contributed by atoms with E-state index in [0.29, 0.717) is 0 Å². The second-order valence-corrected chi connectivity index (χ2v) is 8.65. The van der Waals surface area contributed by atoms with Gasteiger partial charge < -0.3 is 5.11 Å². The molecule has 1 unspecified atom stereocenters. The summed E-state index contributed by atoms with van der Waals surface area (Å²) in [5.41, 5.74) is 0.0918. The summed E-state index contributed by atoms with van der Waals surface area (Å²) in [6.07, 6.45) is 23.1. The molecule has 0 radical (unpaired) electrons. The average molecular weight is 361 g/mol. The molecule has 0 amide bonds. The molecule has 0 aromatic carbocycles. The first kappa shape index (κ1) is 21.4. The Morgan fingerprint density at radius 1 is 1.12 bits per heavy atom. The maximum atomic E-state index is 12.2. The fourth-order valence-electron chi connectivity index (χ4n) is 4.89. The standard InChI is InChI=1S/C24H40O2/c1-3-5-7-8-9-12-21-20(13-15-22(21)25)14-16-23(26)24(17-6-4-2)18-10-11-19-24/h13-16,20-21,23,26H,3-12,17-19H2,1-2H3/t20-,21-,23?/m1/s1. The van der Waals surface area contributed by atoms with E-state index in [1.807, 2.05) is 6.08 Å². The molecule has 2 heteroatoms. The molecule has 0 saturated heterocycles. The minimum Gasteiger partial charge on any atom is -0.388 e. The molecular weight excluding hydrogens is 320 g/mol. The molecule has 148 valence electrons. The third-order valence-electron chi connectivity index (χ3n) is 6.70. The van der Waals surface area contributed by atoms with Gasteiger partial charge in [-0.05, 0) is 37.2 Å². The van der Waals surface area contributed by atoms with Crippen molar-refractivity contribution in [3.05, 3.63) is 24.3 Å². The van der Waals surface area contributed by atoms with Crippen LogP contribution in [-0.2, 0) is 4.79 Å². The molecule has 0 aliphatic heterocycles. The number of carbonyl (C=O) groups is 1. The van der Waals surface area contributed by atoms with Gasteiger partial charge in [0.15, 0.2) is 5.78 Å². The van der Waals surface area contributed by atoms with Gasteiger partial charge >= 0.3 is 0 Å². The van der Waals surface area contributed by atoms with Crippen molar-refractivity contribution in [2.75, 3.05) is 0 Å². The number of ketones is 1. The first-order valence-electron chi connectivity index (χ1n) is 11.2. The Balaban J connectivity index is 1.89. The summed E-state index contributed by atoms with van der Waals surface area (Å²) in [5.74, 6) is 0.578. The van der Waals surface area contributed by atoms with E-state index < -0.39 is 0 Å². The zero-order chi connectivity index (χ0) is 18.8. The van der Waals surface area contributed by atoms with Gasteiger partial charge in [0.25, 0.3) is 0 Å². The second kappa shape index (κ2) is 11.1. The van der Waals surface area contributed by atoms with Crippen LogP contribution in [0.15, 0.2) is 24.3 Å². The molecule has 2 rings (SSSR count). The van der Waals surface area contributed by atoms with Crippen molar-refractivity contribution in [3.63, 3.8) is 0 Å². The lowest BCUT2D eigenvalue weighted by Crippen LogP contribution is -2.31. The molecule has 3 atom stereocenters. The zero-order valence-corrected chi connectivity index (χ0v) is 17.1. The van der Waals surface area contributed by atoms with E-state index in [1.165, 1.54) is 51.4 Å². The summed E-state index contributed by atoms with van der Waals surface area (Å²) in [6.45, 7) is 4.46. The highest BCUT2D eigenvalue weighted by atomic mass is 16.3. The van der Waals surface area contributed by atoms with Crippen molar-refractivity contribution >= 4 is 5.78 Å². The van der Waals surface area contributed by atoms with Crippen molar-refractivity contribution in [1.82, 2.24) is 0 Å². The zero-order valence-electron chi connectivity index (χ0n) is 17.1. The first-order valence-corrected chi connectivity index (χ1v) is 11.2. The molecule has 0 heterocycles. The average Bonchev–Trinajstić information content (AvgIpc) is 3.26. The Bertz CT molecular complexity index is 471. The number of aliphatic hydroxyl groups is 1. The highest BCUT2D eigenvalue weighted by molar-refractivity contribution is 5.94. The van der Waals surface area contributed by atoms with E-state index in [-0.39, 0.29) is 29.1 Å². The topological polar surface area (TPSA) is 37.3 Å². The van der Waals surface area contributed by atoms with Crippen molar-refractivity contribution in [3.8, 4) is 0 Å². The maximum absolute atomic E-state index is 12.2. The van der Waals surface area contributed by atoms with Gasteiger partial charge in [-0.3, -0.25) is 4.79 Å². The number of rotatable bonds is 12. The lowest BCUT2D eigenvalue weighted by Gasteiger charge is -2.33. The Kier molecular flexibility index (Phi) is 9.11. The third-order valence-corrected chi connectivity index (χ3v) is 6.70. The van der Waals surface area contributed by atoms with Crippen LogP contribution in [0.1, 0.15) is 97.3 Å². The van der Waals surface area contributed by atoms with Gasteiger partial charge in [-0.25, -0.2) is 0 Å². The molecule has 1 saturated carbocycles. The van der Waals surface area contributed by atoms with Crippen LogP contribution in [0.25, 0.3) is 0 Å². The molecule has 0 bridgehead atoms. The summed E-state index contributed by atoms with van der Waals surface area (Å²) in [5, 5.41) is 10.9. The van der Waals surface area contributed by atoms with Crippen molar-refractivity contribution < 1.29 is 9.90 Å². The monoisotopic (exact) mass is 360 g/mol. The number of carbonyl (C=O) groups excluding carboxylic acids is 1. The summed E-state index contributed by atoms with van der Waals surface area (Å²) in [7, 11) is 0. The quantitative estimate of drug-likeness (QED) is 0.323. The molecule has 0 aromatic heterocycles. The van der Waals surface area contributed by atoms with Crippen LogP contribution >= 0.6 is 0 Å². The van der Waals surface area contributed by atoms with Gasteiger partial charge in [-0.15, -0.1) is 0 Å². The highest BCUT2D eigenvalue weighted by Gasteiger charge is 2.39. The number of hydrogen-bond acceptors (Lipinski definition) is 2.